The summed E-state index contributed by atoms with van der Waals surface area (Å²) < 4.78 is 22.6. The minimum absolute atomic E-state index is 0.295. The minimum atomic E-state index is -3.14. The molecule has 2 aromatic rings. The molecular formula is C11H14N4O2S. The Morgan fingerprint density at radius 2 is 1.94 bits per heavy atom. The van der Waals surface area contributed by atoms with Gasteiger partial charge in [-0.05, 0) is 17.7 Å². The summed E-state index contributed by atoms with van der Waals surface area (Å²) in [6.45, 7) is 0.295. The zero-order chi connectivity index (χ0) is 13.2. The third kappa shape index (κ3) is 2.93. The zero-order valence-corrected chi connectivity index (χ0v) is 10.7. The van der Waals surface area contributed by atoms with Gasteiger partial charge in [0.2, 0.25) is 0 Å². The van der Waals surface area contributed by atoms with Crippen molar-refractivity contribution in [2.75, 3.05) is 6.26 Å². The number of hydrogen-bond donors (Lipinski definition) is 2. The highest BCUT2D eigenvalue weighted by atomic mass is 32.2. The van der Waals surface area contributed by atoms with E-state index in [-0.39, 0.29) is 0 Å². The van der Waals surface area contributed by atoms with Crippen molar-refractivity contribution < 1.29 is 8.42 Å². The molecule has 0 aliphatic heterocycles. The molecule has 18 heavy (non-hydrogen) atoms. The molecule has 0 bridgehead atoms. The van der Waals surface area contributed by atoms with Gasteiger partial charge in [-0.1, -0.05) is 12.1 Å². The van der Waals surface area contributed by atoms with Crippen molar-refractivity contribution in [2.24, 2.45) is 5.73 Å². The highest BCUT2D eigenvalue weighted by molar-refractivity contribution is 7.90. The van der Waals surface area contributed by atoms with E-state index in [4.69, 9.17) is 5.73 Å². The number of nitrogens with zero attached hydrogens (tertiary/aromatic N) is 2. The number of nitrogens with one attached hydrogen (secondary N) is 1. The quantitative estimate of drug-likeness (QED) is 0.826. The molecule has 1 heterocycles. The van der Waals surface area contributed by atoms with Gasteiger partial charge in [-0.25, -0.2) is 13.4 Å². The second-order valence-electron chi connectivity index (χ2n) is 4.00. The summed E-state index contributed by atoms with van der Waals surface area (Å²) in [4.78, 5) is 4.50. The van der Waals surface area contributed by atoms with Crippen LogP contribution < -0.4 is 5.73 Å². The van der Waals surface area contributed by atoms with E-state index in [1.165, 1.54) is 6.26 Å². The molecule has 0 aliphatic carbocycles. The highest BCUT2D eigenvalue weighted by Crippen LogP contribution is 2.12. The summed E-state index contributed by atoms with van der Waals surface area (Å²) in [5.74, 6) is 1.28. The van der Waals surface area contributed by atoms with Crippen LogP contribution >= 0.6 is 0 Å². The molecule has 6 nitrogen and oxygen atoms in total. The Labute approximate surface area is 105 Å². The molecule has 7 heteroatoms. The maximum Gasteiger partial charge on any atom is 0.175 e. The average Bonchev–Trinajstić information content (AvgIpc) is 2.76. The van der Waals surface area contributed by atoms with E-state index in [2.05, 4.69) is 15.2 Å². The molecule has 1 aromatic carbocycles. The Hall–Kier alpha value is -1.73. The van der Waals surface area contributed by atoms with Gasteiger partial charge < -0.3 is 5.73 Å². The van der Waals surface area contributed by atoms with Crippen LogP contribution in [0, 0.1) is 0 Å². The van der Waals surface area contributed by atoms with Crippen molar-refractivity contribution in [1.82, 2.24) is 15.2 Å². The molecule has 0 amide bonds. The van der Waals surface area contributed by atoms with Crippen LogP contribution in [0.2, 0.25) is 0 Å². The van der Waals surface area contributed by atoms with E-state index in [0.29, 0.717) is 29.5 Å². The van der Waals surface area contributed by atoms with Crippen molar-refractivity contribution >= 4 is 9.84 Å². The van der Waals surface area contributed by atoms with Crippen LogP contribution in [0.1, 0.15) is 17.2 Å². The number of hydrogen-bond acceptors (Lipinski definition) is 5. The third-order valence-electron chi connectivity index (χ3n) is 2.48. The molecule has 0 spiro atoms. The predicted octanol–water partition coefficient (Wildman–Crippen LogP) is 0.258. The Morgan fingerprint density at radius 1 is 1.28 bits per heavy atom. The average molecular weight is 266 g/mol. The van der Waals surface area contributed by atoms with E-state index in [0.717, 1.165) is 5.56 Å². The molecule has 0 atom stereocenters. The lowest BCUT2D eigenvalue weighted by Gasteiger charge is -2.00. The van der Waals surface area contributed by atoms with Crippen molar-refractivity contribution in [3.63, 3.8) is 0 Å². The lowest BCUT2D eigenvalue weighted by atomic mass is 10.1. The van der Waals surface area contributed by atoms with Crippen LogP contribution in [0.5, 0.6) is 0 Å². The van der Waals surface area contributed by atoms with Gasteiger partial charge in [0.25, 0.3) is 0 Å². The summed E-state index contributed by atoms with van der Waals surface area (Å²) >= 11 is 0. The monoisotopic (exact) mass is 266 g/mol. The number of rotatable bonds is 4. The maximum atomic E-state index is 11.3. The first-order valence-electron chi connectivity index (χ1n) is 5.38. The molecule has 0 aliphatic rings. The molecule has 3 N–H and O–H groups in total. The van der Waals surface area contributed by atoms with Gasteiger partial charge in [0.05, 0.1) is 11.4 Å². The number of sulfone groups is 1. The summed E-state index contributed by atoms with van der Waals surface area (Å²) in [6.07, 6.45) is 1.75. The van der Waals surface area contributed by atoms with Gasteiger partial charge in [-0.2, -0.15) is 5.10 Å². The van der Waals surface area contributed by atoms with Gasteiger partial charge in [-0.3, -0.25) is 5.10 Å². The molecule has 0 saturated heterocycles. The fourth-order valence-corrected chi connectivity index (χ4v) is 2.18. The smallest absolute Gasteiger partial charge is 0.175 e. The number of nitrogens with two attached hydrogens (primary N) is 1. The topological polar surface area (TPSA) is 102 Å². The lowest BCUT2D eigenvalue weighted by molar-refractivity contribution is 0.602. The Balaban J connectivity index is 2.15. The van der Waals surface area contributed by atoms with Crippen LogP contribution in [0.15, 0.2) is 29.2 Å². The van der Waals surface area contributed by atoms with Crippen LogP contribution in [-0.2, 0) is 22.8 Å². The fourth-order valence-electron chi connectivity index (χ4n) is 1.55. The van der Waals surface area contributed by atoms with Crippen molar-refractivity contribution in [1.29, 1.82) is 0 Å². The van der Waals surface area contributed by atoms with Crippen molar-refractivity contribution in [3.8, 4) is 0 Å². The van der Waals surface area contributed by atoms with Gasteiger partial charge in [-0.15, -0.1) is 0 Å². The lowest BCUT2D eigenvalue weighted by Crippen LogP contribution is -1.99. The molecule has 96 valence electrons. The SMILES string of the molecule is CS(=O)(=O)c1ccc(Cc2nc(CN)n[nH]2)cc1. The number of benzene rings is 1. The maximum absolute atomic E-state index is 11.3. The van der Waals surface area contributed by atoms with Gasteiger partial charge in [0.1, 0.15) is 5.82 Å². The Bertz CT molecular complexity index is 631. The summed E-state index contributed by atoms with van der Waals surface area (Å²) in [6, 6.07) is 6.71. The van der Waals surface area contributed by atoms with Crippen molar-refractivity contribution in [2.45, 2.75) is 17.9 Å². The first-order chi connectivity index (χ1) is 8.49. The van der Waals surface area contributed by atoms with Gasteiger partial charge >= 0.3 is 0 Å². The minimum Gasteiger partial charge on any atom is -0.324 e. The second kappa shape index (κ2) is 4.87. The van der Waals surface area contributed by atoms with E-state index in [1.54, 1.807) is 24.3 Å². The third-order valence-corrected chi connectivity index (χ3v) is 3.61. The fraction of sp³-hybridized carbons (Fsp3) is 0.273. The standard InChI is InChI=1S/C11H14N4O2S/c1-18(16,17)9-4-2-8(3-5-9)6-10-13-11(7-12)15-14-10/h2-5H,6-7,12H2,1H3,(H,13,14,15). The van der Waals surface area contributed by atoms with Crippen LogP contribution in [0.3, 0.4) is 0 Å². The van der Waals surface area contributed by atoms with Gasteiger partial charge in [0.15, 0.2) is 15.7 Å². The molecule has 0 radical (unpaired) electrons. The Kier molecular flexibility index (Phi) is 3.44. The summed E-state index contributed by atoms with van der Waals surface area (Å²) in [5, 5.41) is 6.72. The second-order valence-corrected chi connectivity index (χ2v) is 6.01. The zero-order valence-electron chi connectivity index (χ0n) is 9.92. The summed E-state index contributed by atoms with van der Waals surface area (Å²) in [7, 11) is -3.14. The first kappa shape index (κ1) is 12.7. The van der Waals surface area contributed by atoms with E-state index >= 15 is 0 Å². The first-order valence-corrected chi connectivity index (χ1v) is 7.27. The summed E-state index contributed by atoms with van der Waals surface area (Å²) in [5.41, 5.74) is 6.37. The highest BCUT2D eigenvalue weighted by Gasteiger charge is 2.07. The van der Waals surface area contributed by atoms with E-state index in [9.17, 15) is 8.42 Å². The van der Waals surface area contributed by atoms with E-state index in [1.807, 2.05) is 0 Å². The number of aromatic amines is 1. The number of H-pyrrole nitrogens is 1. The largest absolute Gasteiger partial charge is 0.324 e. The van der Waals surface area contributed by atoms with Crippen LogP contribution in [0.25, 0.3) is 0 Å². The molecular weight excluding hydrogens is 252 g/mol. The predicted molar refractivity (Wildman–Crippen MR) is 66.6 cm³/mol. The normalized spacial score (nSPS) is 11.7. The molecule has 0 saturated carbocycles. The van der Waals surface area contributed by atoms with E-state index < -0.39 is 9.84 Å². The molecule has 1 aromatic heterocycles. The van der Waals surface area contributed by atoms with Gasteiger partial charge in [0, 0.05) is 12.7 Å². The Morgan fingerprint density at radius 3 is 2.44 bits per heavy atom. The molecule has 0 fully saturated rings. The van der Waals surface area contributed by atoms with Crippen LogP contribution in [-0.4, -0.2) is 29.9 Å². The molecule has 0 unspecified atom stereocenters. The van der Waals surface area contributed by atoms with Crippen molar-refractivity contribution in [3.05, 3.63) is 41.5 Å². The van der Waals surface area contributed by atoms with Crippen LogP contribution in [0.4, 0.5) is 0 Å². The number of aromatic nitrogens is 3. The molecule has 2 rings (SSSR count).